The van der Waals surface area contributed by atoms with Gasteiger partial charge in [0.25, 0.3) is 0 Å². The highest BCUT2D eigenvalue weighted by Crippen LogP contribution is 2.30. The number of carbonyl (C=O) groups excluding carboxylic acids is 1. The molecule has 0 unspecified atom stereocenters. The van der Waals surface area contributed by atoms with Gasteiger partial charge >= 0.3 is 0 Å². The lowest BCUT2D eigenvalue weighted by Crippen LogP contribution is -2.38. The van der Waals surface area contributed by atoms with E-state index in [1.165, 1.54) is 0 Å². The van der Waals surface area contributed by atoms with E-state index in [2.05, 4.69) is 20.5 Å². The van der Waals surface area contributed by atoms with Crippen LogP contribution in [0.25, 0.3) is 0 Å². The molecule has 8 heteroatoms. The molecule has 30 heavy (non-hydrogen) atoms. The van der Waals surface area contributed by atoms with E-state index in [9.17, 15) is 4.79 Å². The van der Waals surface area contributed by atoms with Gasteiger partial charge in [-0.3, -0.25) is 9.79 Å². The smallest absolute Gasteiger partial charge is 0.220 e. The number of unbranched alkanes of at least 4 members (excludes halogenated alkanes) is 1. The number of rotatable bonds is 11. The van der Waals surface area contributed by atoms with Crippen LogP contribution in [0.3, 0.4) is 0 Å². The van der Waals surface area contributed by atoms with Crippen LogP contribution >= 0.6 is 0 Å². The van der Waals surface area contributed by atoms with E-state index in [4.69, 9.17) is 15.2 Å². The van der Waals surface area contributed by atoms with Crippen molar-refractivity contribution in [1.29, 1.82) is 0 Å². The molecule has 1 aliphatic rings. The van der Waals surface area contributed by atoms with Crippen LogP contribution in [0.1, 0.15) is 39.5 Å². The summed E-state index contributed by atoms with van der Waals surface area (Å²) in [5.41, 5.74) is 6.30. The van der Waals surface area contributed by atoms with Crippen LogP contribution in [0.4, 0.5) is 5.69 Å². The van der Waals surface area contributed by atoms with Crippen LogP contribution in [-0.2, 0) is 4.79 Å². The molecule has 168 valence electrons. The molecular formula is C22H37N5O3. The van der Waals surface area contributed by atoms with Gasteiger partial charge in [-0.05, 0) is 71.3 Å². The lowest BCUT2D eigenvalue weighted by Gasteiger charge is -2.30. The Morgan fingerprint density at radius 2 is 2.00 bits per heavy atom. The highest BCUT2D eigenvalue weighted by atomic mass is 16.5. The Morgan fingerprint density at radius 3 is 2.63 bits per heavy atom. The predicted molar refractivity (Wildman–Crippen MR) is 121 cm³/mol. The average Bonchev–Trinajstić information content (AvgIpc) is 2.74. The summed E-state index contributed by atoms with van der Waals surface area (Å²) < 4.78 is 11.0. The number of ether oxygens (including phenoxy) is 2. The van der Waals surface area contributed by atoms with Crippen molar-refractivity contribution in [2.75, 3.05) is 51.8 Å². The lowest BCUT2D eigenvalue weighted by atomic mass is 9.96. The van der Waals surface area contributed by atoms with E-state index in [0.29, 0.717) is 18.1 Å². The fraction of sp³-hybridized carbons (Fsp3) is 0.636. The lowest BCUT2D eigenvalue weighted by molar-refractivity contribution is -0.123. The Kier molecular flexibility index (Phi) is 10.3. The Hall–Kier alpha value is -2.48. The number of piperidine rings is 1. The monoisotopic (exact) mass is 419 g/mol. The maximum absolute atomic E-state index is 11.3. The number of primary amides is 1. The summed E-state index contributed by atoms with van der Waals surface area (Å²) in [6, 6.07) is 5.76. The molecule has 1 fully saturated rings. The molecule has 0 atom stereocenters. The minimum Gasteiger partial charge on any atom is -0.493 e. The number of likely N-dealkylation sites (tertiary alicyclic amines) is 1. The molecular weight excluding hydrogens is 382 g/mol. The number of carbonyl (C=O) groups is 1. The highest BCUT2D eigenvalue weighted by Gasteiger charge is 2.22. The Bertz CT molecular complexity index is 687. The third-order valence-electron chi connectivity index (χ3n) is 5.21. The summed E-state index contributed by atoms with van der Waals surface area (Å²) in [5.74, 6) is 2.08. The summed E-state index contributed by atoms with van der Waals surface area (Å²) in [6.45, 7) is 9.07. The number of methoxy groups -OCH3 is 1. The number of nitrogens with two attached hydrogens (primary N) is 1. The van der Waals surface area contributed by atoms with Gasteiger partial charge in [-0.15, -0.1) is 0 Å². The van der Waals surface area contributed by atoms with Gasteiger partial charge in [-0.25, -0.2) is 0 Å². The molecule has 0 spiro atoms. The summed E-state index contributed by atoms with van der Waals surface area (Å²) in [7, 11) is 1.64. The largest absolute Gasteiger partial charge is 0.493 e. The molecule has 0 radical (unpaired) electrons. The molecule has 0 aliphatic carbocycles. The number of anilines is 1. The predicted octanol–water partition coefficient (Wildman–Crippen LogP) is 2.45. The van der Waals surface area contributed by atoms with Gasteiger partial charge in [0.1, 0.15) is 0 Å². The number of guanidine groups is 1. The normalized spacial score (nSPS) is 15.6. The van der Waals surface area contributed by atoms with Crippen LogP contribution in [0.2, 0.25) is 0 Å². The average molecular weight is 420 g/mol. The number of hydrogen-bond acceptors (Lipinski definition) is 5. The van der Waals surface area contributed by atoms with E-state index in [0.717, 1.165) is 70.1 Å². The van der Waals surface area contributed by atoms with Crippen molar-refractivity contribution in [1.82, 2.24) is 10.2 Å². The maximum atomic E-state index is 11.3. The van der Waals surface area contributed by atoms with Crippen LogP contribution in [0.15, 0.2) is 23.2 Å². The Balaban J connectivity index is 1.79. The zero-order chi connectivity index (χ0) is 21.8. The Morgan fingerprint density at radius 1 is 1.23 bits per heavy atom. The van der Waals surface area contributed by atoms with E-state index in [1.54, 1.807) is 7.11 Å². The molecule has 1 amide bonds. The molecule has 2 rings (SSSR count). The Labute approximate surface area is 180 Å². The topological polar surface area (TPSA) is 101 Å². The number of hydrogen-bond donors (Lipinski definition) is 3. The van der Waals surface area contributed by atoms with Gasteiger partial charge in [0.05, 0.1) is 13.7 Å². The van der Waals surface area contributed by atoms with E-state index < -0.39 is 0 Å². The van der Waals surface area contributed by atoms with Gasteiger partial charge in [-0.1, -0.05) is 0 Å². The van der Waals surface area contributed by atoms with Crippen LogP contribution in [0.5, 0.6) is 11.5 Å². The van der Waals surface area contributed by atoms with Crippen molar-refractivity contribution in [2.45, 2.75) is 39.5 Å². The summed E-state index contributed by atoms with van der Waals surface area (Å²) in [6.07, 6.45) is 3.86. The molecule has 1 aliphatic heterocycles. The number of nitrogens with zero attached hydrogens (tertiary/aromatic N) is 2. The molecule has 0 bridgehead atoms. The van der Waals surface area contributed by atoms with Gasteiger partial charge in [0, 0.05) is 30.8 Å². The zero-order valence-electron chi connectivity index (χ0n) is 18.6. The van der Waals surface area contributed by atoms with Gasteiger partial charge in [0.2, 0.25) is 5.91 Å². The standard InChI is InChI=1S/C22H37N5O3/c1-4-24-22(26-18-8-9-19(29-3)20(16-18)30-5-2)25-12-6-7-13-27-14-10-17(11-15-27)21(23)28/h8-9,16-17H,4-7,10-15H2,1-3H3,(H2,23,28)(H2,24,25,26). The summed E-state index contributed by atoms with van der Waals surface area (Å²) in [5, 5.41) is 6.61. The van der Waals surface area contributed by atoms with Crippen LogP contribution in [0, 0.1) is 5.92 Å². The van der Waals surface area contributed by atoms with Crippen molar-refractivity contribution in [3.63, 3.8) is 0 Å². The first kappa shape index (κ1) is 23.8. The number of aliphatic imine (C=N–C) groups is 1. The van der Waals surface area contributed by atoms with Gasteiger partial charge < -0.3 is 30.7 Å². The minimum absolute atomic E-state index is 0.0563. The third-order valence-corrected chi connectivity index (χ3v) is 5.21. The zero-order valence-corrected chi connectivity index (χ0v) is 18.6. The SMILES string of the molecule is CCNC(=NCCCCN1CCC(C(N)=O)CC1)Nc1ccc(OC)c(OCC)c1. The number of nitrogens with one attached hydrogen (secondary N) is 2. The number of amides is 1. The minimum atomic E-state index is -0.155. The van der Waals surface area contributed by atoms with Crippen LogP contribution in [-0.4, -0.2) is 63.2 Å². The van der Waals surface area contributed by atoms with Crippen LogP contribution < -0.4 is 25.8 Å². The van der Waals surface area contributed by atoms with Crippen molar-refractivity contribution in [3.05, 3.63) is 18.2 Å². The molecule has 0 aromatic heterocycles. The van der Waals surface area contributed by atoms with E-state index >= 15 is 0 Å². The summed E-state index contributed by atoms with van der Waals surface area (Å²) in [4.78, 5) is 18.4. The molecule has 1 aromatic rings. The van der Waals surface area contributed by atoms with Gasteiger partial charge in [-0.2, -0.15) is 0 Å². The van der Waals surface area contributed by atoms with Crippen molar-refractivity contribution >= 4 is 17.6 Å². The summed E-state index contributed by atoms with van der Waals surface area (Å²) >= 11 is 0. The van der Waals surface area contributed by atoms with Crippen molar-refractivity contribution in [3.8, 4) is 11.5 Å². The first-order valence-electron chi connectivity index (χ1n) is 10.9. The first-order valence-corrected chi connectivity index (χ1v) is 10.9. The first-order chi connectivity index (χ1) is 14.6. The number of benzene rings is 1. The third kappa shape index (κ3) is 7.74. The molecule has 4 N–H and O–H groups in total. The van der Waals surface area contributed by atoms with E-state index in [-0.39, 0.29) is 11.8 Å². The second-order valence-corrected chi connectivity index (χ2v) is 7.41. The maximum Gasteiger partial charge on any atom is 0.220 e. The second-order valence-electron chi connectivity index (χ2n) is 7.41. The molecule has 1 aromatic carbocycles. The second kappa shape index (κ2) is 13.0. The molecule has 8 nitrogen and oxygen atoms in total. The van der Waals surface area contributed by atoms with Crippen molar-refractivity contribution in [2.24, 2.45) is 16.6 Å². The fourth-order valence-electron chi connectivity index (χ4n) is 3.55. The molecule has 1 saturated heterocycles. The molecule has 1 heterocycles. The molecule has 0 saturated carbocycles. The fourth-order valence-corrected chi connectivity index (χ4v) is 3.55. The van der Waals surface area contributed by atoms with E-state index in [1.807, 2.05) is 32.0 Å². The van der Waals surface area contributed by atoms with Gasteiger partial charge in [0.15, 0.2) is 17.5 Å². The quantitative estimate of drug-likeness (QED) is 0.289. The van der Waals surface area contributed by atoms with Crippen molar-refractivity contribution < 1.29 is 14.3 Å². The highest BCUT2D eigenvalue weighted by molar-refractivity contribution is 5.93.